The lowest BCUT2D eigenvalue weighted by Gasteiger charge is -2.16. The van der Waals surface area contributed by atoms with Crippen LogP contribution in [0.1, 0.15) is 18.1 Å². The number of hydrogen-bond acceptors (Lipinski definition) is 2. The molecule has 2 rings (SSSR count). The lowest BCUT2D eigenvalue weighted by molar-refractivity contribution is -0.125. The van der Waals surface area contributed by atoms with Gasteiger partial charge in [0.25, 0.3) is 0 Å². The van der Waals surface area contributed by atoms with E-state index in [0.717, 1.165) is 21.3 Å². The molecular weight excluding hydrogens is 354 g/mol. The molecule has 23 heavy (non-hydrogen) atoms. The van der Waals surface area contributed by atoms with Crippen molar-refractivity contribution >= 4 is 27.9 Å². The molecule has 0 aliphatic rings. The van der Waals surface area contributed by atoms with Gasteiger partial charge in [0.1, 0.15) is 5.75 Å². The van der Waals surface area contributed by atoms with Crippen molar-refractivity contribution in [3.8, 4) is 5.75 Å². The van der Waals surface area contributed by atoms with Crippen molar-refractivity contribution in [2.75, 3.05) is 13.7 Å². The highest BCUT2D eigenvalue weighted by molar-refractivity contribution is 9.10. The number of benzene rings is 2. The number of carbonyl (C=O) groups excluding carboxylic acids is 1. The summed E-state index contributed by atoms with van der Waals surface area (Å²) in [5, 5.41) is 0. The van der Waals surface area contributed by atoms with Crippen LogP contribution < -0.4 is 4.74 Å². The van der Waals surface area contributed by atoms with Crippen LogP contribution in [-0.2, 0) is 11.3 Å². The Balaban J connectivity index is 1.96. The first-order chi connectivity index (χ1) is 11.1. The minimum Gasteiger partial charge on any atom is -0.494 e. The Hall–Kier alpha value is -2.07. The number of hydrogen-bond donors (Lipinski definition) is 0. The fourth-order valence-corrected chi connectivity index (χ4v) is 2.51. The van der Waals surface area contributed by atoms with Crippen molar-refractivity contribution in [3.63, 3.8) is 0 Å². The molecule has 0 radical (unpaired) electrons. The number of ether oxygens (including phenoxy) is 1. The van der Waals surface area contributed by atoms with Gasteiger partial charge in [0.05, 0.1) is 6.61 Å². The van der Waals surface area contributed by atoms with E-state index in [1.54, 1.807) is 18.0 Å². The summed E-state index contributed by atoms with van der Waals surface area (Å²) in [7, 11) is 1.80. The summed E-state index contributed by atoms with van der Waals surface area (Å²) in [5.41, 5.74) is 2.05. The standard InChI is InChI=1S/C19H20BrNO2/c1-3-23-17-11-8-15(9-12-17)10-13-19(22)21(2)14-16-6-4-5-7-18(16)20/h4-13H,3,14H2,1-2H3/b13-10+. The molecule has 0 saturated heterocycles. The van der Waals surface area contributed by atoms with E-state index in [1.807, 2.05) is 61.5 Å². The molecule has 0 heterocycles. The Morgan fingerprint density at radius 3 is 2.52 bits per heavy atom. The molecule has 0 saturated carbocycles. The van der Waals surface area contributed by atoms with E-state index in [-0.39, 0.29) is 5.91 Å². The first-order valence-corrected chi connectivity index (χ1v) is 8.29. The Bertz CT molecular complexity index is 680. The van der Waals surface area contributed by atoms with Crippen LogP contribution in [0.3, 0.4) is 0 Å². The summed E-state index contributed by atoms with van der Waals surface area (Å²) in [6.45, 7) is 3.16. The van der Waals surface area contributed by atoms with Crippen molar-refractivity contribution in [2.45, 2.75) is 13.5 Å². The van der Waals surface area contributed by atoms with Gasteiger partial charge in [-0.1, -0.05) is 46.3 Å². The second-order valence-electron chi connectivity index (χ2n) is 5.12. The molecule has 0 bridgehead atoms. The van der Waals surface area contributed by atoms with Crippen LogP contribution in [-0.4, -0.2) is 24.5 Å². The average Bonchev–Trinajstić information content (AvgIpc) is 2.56. The van der Waals surface area contributed by atoms with Crippen molar-refractivity contribution < 1.29 is 9.53 Å². The maximum Gasteiger partial charge on any atom is 0.246 e. The maximum absolute atomic E-state index is 12.2. The van der Waals surface area contributed by atoms with Crippen molar-refractivity contribution in [2.24, 2.45) is 0 Å². The van der Waals surface area contributed by atoms with Crippen LogP contribution in [0.4, 0.5) is 0 Å². The van der Waals surface area contributed by atoms with Crippen LogP contribution in [0.2, 0.25) is 0 Å². The summed E-state index contributed by atoms with van der Waals surface area (Å²) in [6, 6.07) is 15.6. The molecule has 120 valence electrons. The first-order valence-electron chi connectivity index (χ1n) is 7.49. The highest BCUT2D eigenvalue weighted by Crippen LogP contribution is 2.17. The van der Waals surface area contributed by atoms with E-state index in [2.05, 4.69) is 15.9 Å². The lowest BCUT2D eigenvalue weighted by Crippen LogP contribution is -2.24. The van der Waals surface area contributed by atoms with Gasteiger partial charge in [-0.3, -0.25) is 4.79 Å². The molecule has 2 aromatic carbocycles. The zero-order valence-electron chi connectivity index (χ0n) is 13.3. The Morgan fingerprint density at radius 1 is 1.17 bits per heavy atom. The fourth-order valence-electron chi connectivity index (χ4n) is 2.10. The predicted octanol–water partition coefficient (Wildman–Crippen LogP) is 4.52. The van der Waals surface area contributed by atoms with Crippen molar-refractivity contribution in [1.29, 1.82) is 0 Å². The third-order valence-electron chi connectivity index (χ3n) is 3.35. The van der Waals surface area contributed by atoms with Gasteiger partial charge in [-0.05, 0) is 42.3 Å². The van der Waals surface area contributed by atoms with Gasteiger partial charge in [0.2, 0.25) is 5.91 Å². The van der Waals surface area contributed by atoms with E-state index >= 15 is 0 Å². The Morgan fingerprint density at radius 2 is 1.87 bits per heavy atom. The second-order valence-corrected chi connectivity index (χ2v) is 5.98. The number of halogens is 1. The molecule has 0 atom stereocenters. The SMILES string of the molecule is CCOc1ccc(/C=C/C(=O)N(C)Cc2ccccc2Br)cc1. The van der Waals surface area contributed by atoms with Gasteiger partial charge in [0.15, 0.2) is 0 Å². The highest BCUT2D eigenvalue weighted by Gasteiger charge is 2.07. The summed E-state index contributed by atoms with van der Waals surface area (Å²) in [6.07, 6.45) is 3.40. The van der Waals surface area contributed by atoms with E-state index < -0.39 is 0 Å². The van der Waals surface area contributed by atoms with E-state index in [9.17, 15) is 4.79 Å². The largest absolute Gasteiger partial charge is 0.494 e. The molecule has 0 fully saturated rings. The lowest BCUT2D eigenvalue weighted by atomic mass is 10.2. The van der Waals surface area contributed by atoms with Gasteiger partial charge < -0.3 is 9.64 Å². The molecule has 4 heteroatoms. The van der Waals surface area contributed by atoms with Crippen LogP contribution in [0.15, 0.2) is 59.1 Å². The number of carbonyl (C=O) groups is 1. The topological polar surface area (TPSA) is 29.5 Å². The van der Waals surface area contributed by atoms with Gasteiger partial charge in [-0.2, -0.15) is 0 Å². The van der Waals surface area contributed by atoms with Crippen LogP contribution in [0.25, 0.3) is 6.08 Å². The molecule has 0 N–H and O–H groups in total. The third kappa shape index (κ3) is 5.25. The molecule has 0 aromatic heterocycles. The normalized spacial score (nSPS) is 10.7. The average molecular weight is 374 g/mol. The molecule has 1 amide bonds. The second kappa shape index (κ2) is 8.53. The summed E-state index contributed by atoms with van der Waals surface area (Å²) < 4.78 is 6.41. The van der Waals surface area contributed by atoms with Crippen LogP contribution >= 0.6 is 15.9 Å². The third-order valence-corrected chi connectivity index (χ3v) is 4.12. The van der Waals surface area contributed by atoms with Gasteiger partial charge in [0, 0.05) is 24.1 Å². The highest BCUT2D eigenvalue weighted by atomic mass is 79.9. The van der Waals surface area contributed by atoms with Crippen LogP contribution in [0, 0.1) is 0 Å². The first kappa shape index (κ1) is 17.3. The van der Waals surface area contributed by atoms with Gasteiger partial charge >= 0.3 is 0 Å². The zero-order chi connectivity index (χ0) is 16.7. The minimum atomic E-state index is -0.0327. The van der Waals surface area contributed by atoms with E-state index in [0.29, 0.717) is 13.2 Å². The molecule has 0 aliphatic carbocycles. The summed E-state index contributed by atoms with van der Waals surface area (Å²) in [5.74, 6) is 0.802. The Kier molecular flexibility index (Phi) is 6.41. The number of rotatable bonds is 6. The molecule has 0 spiro atoms. The maximum atomic E-state index is 12.2. The molecule has 2 aromatic rings. The molecule has 3 nitrogen and oxygen atoms in total. The van der Waals surface area contributed by atoms with E-state index in [4.69, 9.17) is 4.74 Å². The number of likely N-dealkylation sites (N-methyl/N-ethyl adjacent to an activating group) is 1. The Labute approximate surface area is 145 Å². The summed E-state index contributed by atoms with van der Waals surface area (Å²) >= 11 is 3.50. The molecular formula is C19H20BrNO2. The van der Waals surface area contributed by atoms with Gasteiger partial charge in [-0.15, -0.1) is 0 Å². The minimum absolute atomic E-state index is 0.0327. The molecule has 0 unspecified atom stereocenters. The molecule has 0 aliphatic heterocycles. The number of amides is 1. The summed E-state index contributed by atoms with van der Waals surface area (Å²) in [4.78, 5) is 13.9. The quantitative estimate of drug-likeness (QED) is 0.696. The van der Waals surface area contributed by atoms with E-state index in [1.165, 1.54) is 0 Å². The van der Waals surface area contributed by atoms with Crippen LogP contribution in [0.5, 0.6) is 5.75 Å². The van der Waals surface area contributed by atoms with Gasteiger partial charge in [-0.25, -0.2) is 0 Å². The fraction of sp³-hybridized carbons (Fsp3) is 0.211. The predicted molar refractivity (Wildman–Crippen MR) is 97.3 cm³/mol. The number of nitrogens with zero attached hydrogens (tertiary/aromatic N) is 1. The van der Waals surface area contributed by atoms with Crippen molar-refractivity contribution in [1.82, 2.24) is 4.90 Å². The smallest absolute Gasteiger partial charge is 0.246 e. The zero-order valence-corrected chi connectivity index (χ0v) is 14.9. The van der Waals surface area contributed by atoms with Crippen molar-refractivity contribution in [3.05, 3.63) is 70.2 Å². The monoisotopic (exact) mass is 373 g/mol.